The molecule has 8 nitrogen and oxygen atoms in total. The fraction of sp³-hybridized carbons (Fsp3) is 0.111. The summed E-state index contributed by atoms with van der Waals surface area (Å²) in [6, 6.07) is 21.7. The summed E-state index contributed by atoms with van der Waals surface area (Å²) in [4.78, 5) is 38.6. The van der Waals surface area contributed by atoms with Gasteiger partial charge in [0, 0.05) is 17.3 Å². The highest BCUT2D eigenvalue weighted by Crippen LogP contribution is 2.17. The predicted octanol–water partition coefficient (Wildman–Crippen LogP) is 3.80. The number of benzene rings is 3. The first-order valence-electron chi connectivity index (χ1n) is 10.8. The molecule has 0 heterocycles. The smallest absolute Gasteiger partial charge is 0.343 e. The number of nitrogens with one attached hydrogen (secondary N) is 1. The Morgan fingerprint density at radius 3 is 2.14 bits per heavy atom. The monoisotopic (exact) mass is 471 g/mol. The van der Waals surface area contributed by atoms with Crippen molar-refractivity contribution >= 4 is 35.4 Å². The number of nitrogen functional groups attached to an aromatic ring is 1. The molecule has 0 aliphatic carbocycles. The normalized spacial score (nSPS) is 10.5. The van der Waals surface area contributed by atoms with Crippen molar-refractivity contribution in [3.63, 3.8) is 0 Å². The largest absolute Gasteiger partial charge is 0.465 e. The van der Waals surface area contributed by atoms with Crippen molar-refractivity contribution < 1.29 is 23.9 Å². The van der Waals surface area contributed by atoms with Crippen LogP contribution in [-0.2, 0) is 14.3 Å². The summed E-state index contributed by atoms with van der Waals surface area (Å²) < 4.78 is 10.3. The first-order chi connectivity index (χ1) is 16.9. The molecule has 3 N–H and O–H groups in total. The molecule has 0 aliphatic heterocycles. The van der Waals surface area contributed by atoms with E-state index in [4.69, 9.17) is 20.6 Å². The second-order valence-corrected chi connectivity index (χ2v) is 7.35. The maximum Gasteiger partial charge on any atom is 0.343 e. The van der Waals surface area contributed by atoms with E-state index in [2.05, 4.69) is 0 Å². The van der Waals surface area contributed by atoms with E-state index in [1.54, 1.807) is 85.8 Å². The topological polar surface area (TPSA) is 123 Å². The molecule has 3 rings (SSSR count). The van der Waals surface area contributed by atoms with Crippen LogP contribution in [-0.4, -0.2) is 36.8 Å². The van der Waals surface area contributed by atoms with Crippen molar-refractivity contribution in [3.8, 4) is 5.75 Å². The van der Waals surface area contributed by atoms with E-state index >= 15 is 0 Å². The lowest BCUT2D eigenvalue weighted by Crippen LogP contribution is -2.35. The second-order valence-electron chi connectivity index (χ2n) is 7.35. The number of esters is 2. The summed E-state index contributed by atoms with van der Waals surface area (Å²) in [7, 11) is 0. The third kappa shape index (κ3) is 7.13. The summed E-state index contributed by atoms with van der Waals surface area (Å²) in [5, 5.41) is 7.40. The van der Waals surface area contributed by atoms with Crippen LogP contribution in [0.2, 0.25) is 0 Å². The Balaban J connectivity index is 1.66. The first-order valence-corrected chi connectivity index (χ1v) is 10.8. The lowest BCUT2D eigenvalue weighted by molar-refractivity contribution is -0.142. The molecule has 35 heavy (non-hydrogen) atoms. The van der Waals surface area contributed by atoms with Gasteiger partial charge in [0.25, 0.3) is 5.91 Å². The number of anilines is 1. The Labute approximate surface area is 203 Å². The van der Waals surface area contributed by atoms with Gasteiger partial charge >= 0.3 is 11.9 Å². The quantitative estimate of drug-likeness (QED) is 0.161. The first kappa shape index (κ1) is 24.9. The lowest BCUT2D eigenvalue weighted by Gasteiger charge is -2.20. The van der Waals surface area contributed by atoms with Crippen LogP contribution in [0.25, 0.3) is 6.08 Å². The fourth-order valence-electron chi connectivity index (χ4n) is 3.10. The second kappa shape index (κ2) is 11.9. The van der Waals surface area contributed by atoms with Crippen molar-refractivity contribution in [3.05, 3.63) is 102 Å². The van der Waals surface area contributed by atoms with Gasteiger partial charge in [-0.2, -0.15) is 0 Å². The van der Waals surface area contributed by atoms with E-state index in [9.17, 15) is 14.4 Å². The molecule has 0 saturated carbocycles. The Kier molecular flexibility index (Phi) is 8.50. The maximum absolute atomic E-state index is 12.8. The SMILES string of the molecule is CCOC(=O)CN(C(=O)C=Cc1ccc(C(=O)Oc2ccc(C(=N)N)cc2)cc1)c1ccccc1. The van der Waals surface area contributed by atoms with Crippen LogP contribution in [0.5, 0.6) is 5.75 Å². The fourth-order valence-corrected chi connectivity index (χ4v) is 3.10. The van der Waals surface area contributed by atoms with Crippen molar-refractivity contribution in [2.24, 2.45) is 5.73 Å². The van der Waals surface area contributed by atoms with E-state index in [1.807, 2.05) is 6.07 Å². The van der Waals surface area contributed by atoms with Gasteiger partial charge in [0.05, 0.1) is 12.2 Å². The number of nitrogens with two attached hydrogens (primary N) is 1. The van der Waals surface area contributed by atoms with Gasteiger partial charge in [-0.25, -0.2) is 4.79 Å². The van der Waals surface area contributed by atoms with Crippen molar-refractivity contribution in [1.82, 2.24) is 0 Å². The highest BCUT2D eigenvalue weighted by Gasteiger charge is 2.18. The number of nitrogens with zero attached hydrogens (tertiary/aromatic N) is 1. The summed E-state index contributed by atoms with van der Waals surface area (Å²) in [6.45, 7) is 1.72. The average molecular weight is 472 g/mol. The number of ether oxygens (including phenoxy) is 2. The highest BCUT2D eigenvalue weighted by atomic mass is 16.5. The van der Waals surface area contributed by atoms with Gasteiger partial charge in [-0.1, -0.05) is 30.3 Å². The van der Waals surface area contributed by atoms with Crippen LogP contribution in [0.4, 0.5) is 5.69 Å². The molecule has 178 valence electrons. The molecule has 0 bridgehead atoms. The highest BCUT2D eigenvalue weighted by molar-refractivity contribution is 6.06. The number of rotatable bonds is 9. The molecule has 0 saturated heterocycles. The Bertz CT molecular complexity index is 1220. The molecular formula is C27H25N3O5. The zero-order chi connectivity index (χ0) is 25.2. The standard InChI is InChI=1S/C27H25N3O5/c1-2-34-25(32)18-30(22-6-4-3-5-7-22)24(31)17-10-19-8-11-21(12-9-19)27(33)35-23-15-13-20(14-16-23)26(28)29/h3-17H,2,18H2,1H3,(H3,28,29). The van der Waals surface area contributed by atoms with E-state index in [1.165, 1.54) is 11.0 Å². The molecule has 8 heteroatoms. The Morgan fingerprint density at radius 2 is 1.54 bits per heavy atom. The van der Waals surface area contributed by atoms with Crippen molar-refractivity contribution in [2.45, 2.75) is 6.92 Å². The molecule has 1 amide bonds. The van der Waals surface area contributed by atoms with E-state index in [0.29, 0.717) is 28.1 Å². The van der Waals surface area contributed by atoms with Crippen molar-refractivity contribution in [1.29, 1.82) is 5.41 Å². The summed E-state index contributed by atoms with van der Waals surface area (Å²) in [5.41, 5.74) is 7.54. The van der Waals surface area contributed by atoms with E-state index < -0.39 is 11.9 Å². The number of hydrogen-bond acceptors (Lipinski definition) is 6. The minimum Gasteiger partial charge on any atom is -0.465 e. The summed E-state index contributed by atoms with van der Waals surface area (Å²) in [6.07, 6.45) is 2.95. The molecular weight excluding hydrogens is 446 g/mol. The Morgan fingerprint density at radius 1 is 0.914 bits per heavy atom. The molecule has 0 aromatic heterocycles. The van der Waals surface area contributed by atoms with Crippen LogP contribution in [0.1, 0.15) is 28.4 Å². The number of amidine groups is 1. The molecule has 0 radical (unpaired) electrons. The molecule has 0 fully saturated rings. The maximum atomic E-state index is 12.8. The molecule has 3 aromatic carbocycles. The van der Waals surface area contributed by atoms with Gasteiger partial charge in [-0.05, 0) is 67.1 Å². The number of para-hydroxylation sites is 1. The number of carbonyl (C=O) groups is 3. The van der Waals surface area contributed by atoms with E-state index in [0.717, 1.165) is 0 Å². The van der Waals surface area contributed by atoms with Gasteiger partial charge in [-0.3, -0.25) is 19.9 Å². The lowest BCUT2D eigenvalue weighted by atomic mass is 10.1. The average Bonchev–Trinajstić information content (AvgIpc) is 2.87. The third-order valence-corrected chi connectivity index (χ3v) is 4.87. The molecule has 0 aliphatic rings. The third-order valence-electron chi connectivity index (χ3n) is 4.87. The molecule has 0 unspecified atom stereocenters. The van der Waals surface area contributed by atoms with Gasteiger partial charge in [0.1, 0.15) is 18.1 Å². The molecule has 3 aromatic rings. The van der Waals surface area contributed by atoms with Crippen LogP contribution in [0.15, 0.2) is 84.9 Å². The zero-order valence-corrected chi connectivity index (χ0v) is 19.1. The van der Waals surface area contributed by atoms with Crippen molar-refractivity contribution in [2.75, 3.05) is 18.1 Å². The van der Waals surface area contributed by atoms with Crippen LogP contribution >= 0.6 is 0 Å². The zero-order valence-electron chi connectivity index (χ0n) is 19.1. The van der Waals surface area contributed by atoms with Crippen LogP contribution in [0, 0.1) is 5.41 Å². The molecule has 0 atom stereocenters. The summed E-state index contributed by atoms with van der Waals surface area (Å²) >= 11 is 0. The Hall–Kier alpha value is -4.72. The van der Waals surface area contributed by atoms with Crippen LogP contribution in [0.3, 0.4) is 0 Å². The van der Waals surface area contributed by atoms with Crippen LogP contribution < -0.4 is 15.4 Å². The van der Waals surface area contributed by atoms with Gasteiger partial charge in [0.15, 0.2) is 0 Å². The minimum atomic E-state index is -0.545. The number of hydrogen-bond donors (Lipinski definition) is 2. The minimum absolute atomic E-state index is 0.0715. The summed E-state index contributed by atoms with van der Waals surface area (Å²) in [5.74, 6) is -1.18. The molecule has 0 spiro atoms. The number of carbonyl (C=O) groups excluding carboxylic acids is 3. The van der Waals surface area contributed by atoms with E-state index in [-0.39, 0.29) is 24.9 Å². The number of amides is 1. The van der Waals surface area contributed by atoms with Gasteiger partial charge in [-0.15, -0.1) is 0 Å². The van der Waals surface area contributed by atoms with Gasteiger partial charge in [0.2, 0.25) is 0 Å². The predicted molar refractivity (Wildman–Crippen MR) is 133 cm³/mol. The van der Waals surface area contributed by atoms with Gasteiger partial charge < -0.3 is 15.2 Å².